The maximum atomic E-state index is 13.1. The van der Waals surface area contributed by atoms with Crippen LogP contribution in [-0.2, 0) is 22.1 Å². The molecule has 0 aromatic heterocycles. The van der Waals surface area contributed by atoms with Gasteiger partial charge in [0.2, 0.25) is 0 Å². The zero-order valence-electron chi connectivity index (χ0n) is 9.22. The fourth-order valence-electron chi connectivity index (χ4n) is 1.29. The monoisotopic (exact) mass is 268 g/mol. The van der Waals surface area contributed by atoms with Crippen LogP contribution >= 0.6 is 0 Å². The normalized spacial score (nSPS) is 12.3. The molecule has 18 heavy (non-hydrogen) atoms. The summed E-state index contributed by atoms with van der Waals surface area (Å²) in [7, 11) is 0.809. The average Bonchev–Trinajstić information content (AvgIpc) is 2.26. The Morgan fingerprint density at radius 3 is 2.00 bits per heavy atom. The first-order valence-electron chi connectivity index (χ1n) is 4.79. The lowest BCUT2D eigenvalue weighted by atomic mass is 10.1. The zero-order chi connectivity index (χ0) is 14.0. The van der Waals surface area contributed by atoms with Gasteiger partial charge in [0.25, 0.3) is 0 Å². The van der Waals surface area contributed by atoms with E-state index < -0.39 is 30.1 Å². The Bertz CT molecular complexity index is 422. The van der Waals surface area contributed by atoms with Gasteiger partial charge in [-0.25, -0.2) is 4.79 Å². The Balaban J connectivity index is 2.85. The molecule has 0 aliphatic carbocycles. The highest BCUT2D eigenvalue weighted by atomic mass is 19.4. The second kappa shape index (κ2) is 4.91. The molecule has 0 atom stereocenters. The second-order valence-electron chi connectivity index (χ2n) is 3.57. The summed E-state index contributed by atoms with van der Waals surface area (Å²) in [6.45, 7) is 0. The molecule has 1 rings (SSSR count). The molecule has 0 N–H and O–H groups in total. The van der Waals surface area contributed by atoms with Crippen LogP contribution in [0.4, 0.5) is 22.0 Å². The summed E-state index contributed by atoms with van der Waals surface area (Å²) < 4.78 is 66.8. The van der Waals surface area contributed by atoms with E-state index in [4.69, 9.17) is 0 Å². The molecular weight excluding hydrogens is 259 g/mol. The number of rotatable bonds is 3. The van der Waals surface area contributed by atoms with E-state index in [1.54, 1.807) is 0 Å². The molecule has 0 radical (unpaired) electrons. The topological polar surface area (TPSA) is 26.3 Å². The van der Waals surface area contributed by atoms with Crippen LogP contribution in [0.1, 0.15) is 11.1 Å². The van der Waals surface area contributed by atoms with Crippen molar-refractivity contribution in [1.29, 1.82) is 0 Å². The number of carbonyl (C=O) groups excluding carboxylic acids is 1. The largest absolute Gasteiger partial charge is 0.465 e. The van der Waals surface area contributed by atoms with Crippen LogP contribution in [0.2, 0.25) is 0 Å². The number of alkyl halides is 5. The fraction of sp³-hybridized carbons (Fsp3) is 0.364. The molecule has 0 aliphatic heterocycles. The zero-order valence-corrected chi connectivity index (χ0v) is 9.22. The van der Waals surface area contributed by atoms with E-state index in [-0.39, 0.29) is 5.56 Å². The standard InChI is InChI=1S/C11H9F5O2/c1-18-9(17)10(12,13)6-7-2-4-8(5-3-7)11(14,15)16/h2-5H,6H2,1H3. The third kappa shape index (κ3) is 3.41. The predicted octanol–water partition coefficient (Wildman–Crippen LogP) is 3.06. The van der Waals surface area contributed by atoms with Crippen molar-refractivity contribution in [2.75, 3.05) is 7.11 Å². The van der Waals surface area contributed by atoms with Crippen molar-refractivity contribution in [3.63, 3.8) is 0 Å². The molecule has 1 aromatic rings. The Morgan fingerprint density at radius 1 is 1.11 bits per heavy atom. The summed E-state index contributed by atoms with van der Waals surface area (Å²) in [5, 5.41) is 0. The SMILES string of the molecule is COC(=O)C(F)(F)Cc1ccc(C(F)(F)F)cc1. The first kappa shape index (κ1) is 14.4. The third-order valence-corrected chi connectivity index (χ3v) is 2.19. The number of halogens is 5. The smallest absolute Gasteiger partial charge is 0.416 e. The Hall–Kier alpha value is -1.66. The number of ether oxygens (including phenoxy) is 1. The minimum absolute atomic E-state index is 0.0848. The number of carbonyl (C=O) groups is 1. The summed E-state index contributed by atoms with van der Waals surface area (Å²) >= 11 is 0. The quantitative estimate of drug-likeness (QED) is 0.622. The summed E-state index contributed by atoms with van der Waals surface area (Å²) in [5.41, 5.74) is -1.02. The maximum absolute atomic E-state index is 13.1. The van der Waals surface area contributed by atoms with Gasteiger partial charge in [0.1, 0.15) is 0 Å². The van der Waals surface area contributed by atoms with Crippen molar-refractivity contribution in [1.82, 2.24) is 0 Å². The number of methoxy groups -OCH3 is 1. The molecule has 0 saturated carbocycles. The van der Waals surface area contributed by atoms with Gasteiger partial charge in [-0.2, -0.15) is 22.0 Å². The average molecular weight is 268 g/mol. The molecule has 0 saturated heterocycles. The molecule has 1 aromatic carbocycles. The molecule has 0 unspecified atom stereocenters. The van der Waals surface area contributed by atoms with Gasteiger partial charge in [-0.1, -0.05) is 12.1 Å². The first-order valence-corrected chi connectivity index (χ1v) is 4.79. The Labute approximate surface area is 99.4 Å². The van der Waals surface area contributed by atoms with E-state index in [0.29, 0.717) is 12.1 Å². The predicted molar refractivity (Wildman–Crippen MR) is 52.1 cm³/mol. The second-order valence-corrected chi connectivity index (χ2v) is 3.57. The molecule has 0 bridgehead atoms. The molecule has 7 heteroatoms. The van der Waals surface area contributed by atoms with Crippen LogP contribution in [0.5, 0.6) is 0 Å². The van der Waals surface area contributed by atoms with Crippen LogP contribution in [0.3, 0.4) is 0 Å². The number of esters is 1. The van der Waals surface area contributed by atoms with Gasteiger partial charge in [0.15, 0.2) is 0 Å². The van der Waals surface area contributed by atoms with Crippen molar-refractivity contribution >= 4 is 5.97 Å². The summed E-state index contributed by atoms with van der Waals surface area (Å²) in [4.78, 5) is 10.7. The molecule has 0 amide bonds. The van der Waals surface area contributed by atoms with Crippen LogP contribution in [0.15, 0.2) is 24.3 Å². The van der Waals surface area contributed by atoms with Crippen molar-refractivity contribution in [2.45, 2.75) is 18.5 Å². The van der Waals surface area contributed by atoms with Crippen LogP contribution in [0.25, 0.3) is 0 Å². The van der Waals surface area contributed by atoms with E-state index in [9.17, 15) is 26.7 Å². The fourth-order valence-corrected chi connectivity index (χ4v) is 1.29. The molecule has 0 aliphatic rings. The van der Waals surface area contributed by atoms with Crippen LogP contribution in [0, 0.1) is 0 Å². The summed E-state index contributed by atoms with van der Waals surface area (Å²) in [6.07, 6.45) is -5.53. The highest BCUT2D eigenvalue weighted by Gasteiger charge is 2.40. The molecule has 2 nitrogen and oxygen atoms in total. The Kier molecular flexibility index (Phi) is 3.93. The Morgan fingerprint density at radius 2 is 1.61 bits per heavy atom. The number of benzene rings is 1. The minimum atomic E-state index is -4.52. The number of hydrogen-bond acceptors (Lipinski definition) is 2. The lowest BCUT2D eigenvalue weighted by Crippen LogP contribution is -2.32. The van der Waals surface area contributed by atoms with Crippen molar-refractivity contribution < 1.29 is 31.5 Å². The van der Waals surface area contributed by atoms with Crippen LogP contribution < -0.4 is 0 Å². The summed E-state index contributed by atoms with van der Waals surface area (Å²) in [5.74, 6) is -5.48. The highest BCUT2D eigenvalue weighted by Crippen LogP contribution is 2.30. The molecule has 0 heterocycles. The van der Waals surface area contributed by atoms with Crippen molar-refractivity contribution in [2.24, 2.45) is 0 Å². The maximum Gasteiger partial charge on any atom is 0.416 e. The van der Waals surface area contributed by atoms with Crippen molar-refractivity contribution in [3.8, 4) is 0 Å². The molecule has 0 fully saturated rings. The minimum Gasteiger partial charge on any atom is -0.465 e. The first-order chi connectivity index (χ1) is 8.16. The van der Waals surface area contributed by atoms with E-state index >= 15 is 0 Å². The van der Waals surface area contributed by atoms with Crippen molar-refractivity contribution in [3.05, 3.63) is 35.4 Å². The molecule has 0 spiro atoms. The van der Waals surface area contributed by atoms with E-state index in [0.717, 1.165) is 19.2 Å². The van der Waals surface area contributed by atoms with E-state index in [2.05, 4.69) is 4.74 Å². The lowest BCUT2D eigenvalue weighted by Gasteiger charge is -2.14. The van der Waals surface area contributed by atoms with Gasteiger partial charge in [-0.15, -0.1) is 0 Å². The van der Waals surface area contributed by atoms with Gasteiger partial charge in [-0.05, 0) is 17.7 Å². The van der Waals surface area contributed by atoms with Gasteiger partial charge in [0, 0.05) is 6.42 Å². The third-order valence-electron chi connectivity index (χ3n) is 2.19. The molecular formula is C11H9F5O2. The van der Waals surface area contributed by atoms with Gasteiger partial charge < -0.3 is 4.74 Å². The van der Waals surface area contributed by atoms with Gasteiger partial charge >= 0.3 is 18.1 Å². The van der Waals surface area contributed by atoms with E-state index in [1.807, 2.05) is 0 Å². The molecule has 100 valence electrons. The summed E-state index contributed by atoms with van der Waals surface area (Å²) in [6, 6.07) is 3.17. The van der Waals surface area contributed by atoms with E-state index in [1.165, 1.54) is 0 Å². The van der Waals surface area contributed by atoms with Crippen LogP contribution in [-0.4, -0.2) is 19.0 Å². The highest BCUT2D eigenvalue weighted by molar-refractivity contribution is 5.77. The lowest BCUT2D eigenvalue weighted by molar-refractivity contribution is -0.168. The number of hydrogen-bond donors (Lipinski definition) is 0. The van der Waals surface area contributed by atoms with Gasteiger partial charge in [0.05, 0.1) is 12.7 Å². The van der Waals surface area contributed by atoms with Gasteiger partial charge in [-0.3, -0.25) is 0 Å².